The van der Waals surface area contributed by atoms with Gasteiger partial charge in [0.2, 0.25) is 5.91 Å². The van der Waals surface area contributed by atoms with Gasteiger partial charge in [0.25, 0.3) is 0 Å². The summed E-state index contributed by atoms with van der Waals surface area (Å²) in [6, 6.07) is 17.6. The van der Waals surface area contributed by atoms with E-state index in [4.69, 9.17) is 0 Å². The van der Waals surface area contributed by atoms with E-state index < -0.39 is 27.9 Å². The van der Waals surface area contributed by atoms with Crippen LogP contribution in [0.5, 0.6) is 0 Å². The van der Waals surface area contributed by atoms with Gasteiger partial charge in [-0.25, -0.2) is 0 Å². The first kappa shape index (κ1) is 16.9. The van der Waals surface area contributed by atoms with Crippen LogP contribution < -0.4 is 5.32 Å². The van der Waals surface area contributed by atoms with Crippen molar-refractivity contribution >= 4 is 22.7 Å². The van der Waals surface area contributed by atoms with Crippen LogP contribution in [0.1, 0.15) is 16.4 Å². The summed E-state index contributed by atoms with van der Waals surface area (Å²) >= 11 is 0. The van der Waals surface area contributed by atoms with Gasteiger partial charge in [0.05, 0.1) is 0 Å². The highest BCUT2D eigenvalue weighted by Gasteiger charge is 2.28. The first-order valence-corrected chi connectivity index (χ1v) is 8.41. The Morgan fingerprint density at radius 2 is 1.57 bits per heavy atom. The number of hydrogen-bond donors (Lipinski definition) is 2. The van der Waals surface area contributed by atoms with Crippen LogP contribution in [0.3, 0.4) is 0 Å². The van der Waals surface area contributed by atoms with Crippen molar-refractivity contribution in [2.24, 2.45) is 0 Å². The van der Waals surface area contributed by atoms with Gasteiger partial charge in [0.15, 0.2) is 5.25 Å². The van der Waals surface area contributed by atoms with Crippen LogP contribution in [0, 0.1) is 0 Å². The lowest BCUT2D eigenvalue weighted by Crippen LogP contribution is -2.31. The van der Waals surface area contributed by atoms with Crippen LogP contribution in [0.25, 0.3) is 0 Å². The van der Waals surface area contributed by atoms with Crippen LogP contribution in [-0.4, -0.2) is 26.9 Å². The lowest BCUT2D eigenvalue weighted by Gasteiger charge is -2.12. The second kappa shape index (κ2) is 8.24. The van der Waals surface area contributed by atoms with E-state index in [1.165, 1.54) is 0 Å². The van der Waals surface area contributed by atoms with Gasteiger partial charge >= 0.3 is 5.97 Å². The van der Waals surface area contributed by atoms with Gasteiger partial charge in [-0.05, 0) is 11.1 Å². The maximum absolute atomic E-state index is 12.3. The number of carboxylic acids is 1. The number of carbonyl (C=O) groups excluding carboxylic acids is 1. The zero-order valence-corrected chi connectivity index (χ0v) is 13.2. The fraction of sp³-hybridized carbons (Fsp3) is 0.176. The molecule has 1 amide bonds. The maximum Gasteiger partial charge on any atom is 0.323 e. The van der Waals surface area contributed by atoms with E-state index in [0.29, 0.717) is 12.1 Å². The Kier molecular flexibility index (Phi) is 6.05. The lowest BCUT2D eigenvalue weighted by atomic mass is 10.1. The standard InChI is InChI=1S/C17H17NO4S/c19-15(18-11-13-7-3-1-4-8-13)12-23(22)16(17(20)21)14-9-5-2-6-10-14/h1-10,16H,11-12H2,(H,18,19)(H,20,21). The number of carbonyl (C=O) groups is 2. The summed E-state index contributed by atoms with van der Waals surface area (Å²) in [5, 5.41) is 10.7. The zero-order valence-electron chi connectivity index (χ0n) is 12.3. The normalized spacial score (nSPS) is 13.0. The molecule has 0 spiro atoms. The molecular formula is C17H17NO4S. The van der Waals surface area contributed by atoms with Crippen LogP contribution >= 0.6 is 0 Å². The Hall–Kier alpha value is -2.47. The van der Waals surface area contributed by atoms with Gasteiger partial charge in [0.1, 0.15) is 5.75 Å². The Labute approximate surface area is 136 Å². The van der Waals surface area contributed by atoms with Crippen LogP contribution in [0.4, 0.5) is 0 Å². The molecule has 2 N–H and O–H groups in total. The number of amides is 1. The second-order valence-electron chi connectivity index (χ2n) is 4.92. The van der Waals surface area contributed by atoms with E-state index in [1.807, 2.05) is 30.3 Å². The lowest BCUT2D eigenvalue weighted by molar-refractivity contribution is -0.136. The van der Waals surface area contributed by atoms with E-state index >= 15 is 0 Å². The molecule has 0 saturated carbocycles. The number of aliphatic carboxylic acids is 1. The molecule has 2 aromatic carbocycles. The molecule has 0 fully saturated rings. The van der Waals surface area contributed by atoms with Crippen LogP contribution in [-0.2, 0) is 26.9 Å². The number of carboxylic acid groups (broad SMARTS) is 1. The molecule has 0 bridgehead atoms. The third-order valence-corrected chi connectivity index (χ3v) is 4.74. The molecule has 2 unspecified atom stereocenters. The Bertz CT molecular complexity index is 688. The predicted octanol–water partition coefficient (Wildman–Crippen LogP) is 1.88. The average molecular weight is 331 g/mol. The van der Waals surface area contributed by atoms with Gasteiger partial charge in [-0.15, -0.1) is 0 Å². The van der Waals surface area contributed by atoms with Crippen LogP contribution in [0.2, 0.25) is 0 Å². The van der Waals surface area contributed by atoms with E-state index in [2.05, 4.69) is 5.32 Å². The minimum atomic E-state index is -1.84. The van der Waals surface area contributed by atoms with Gasteiger partial charge in [0, 0.05) is 17.3 Å². The first-order valence-electron chi connectivity index (χ1n) is 7.03. The molecule has 6 heteroatoms. The summed E-state index contributed by atoms with van der Waals surface area (Å²) in [5.41, 5.74) is 1.35. The van der Waals surface area contributed by atoms with Crippen molar-refractivity contribution in [3.63, 3.8) is 0 Å². The molecular weight excluding hydrogens is 314 g/mol. The number of rotatable bonds is 7. The minimum Gasteiger partial charge on any atom is -0.480 e. The monoisotopic (exact) mass is 331 g/mol. The minimum absolute atomic E-state index is 0.319. The van der Waals surface area contributed by atoms with Crippen molar-refractivity contribution in [1.29, 1.82) is 0 Å². The first-order chi connectivity index (χ1) is 11.1. The highest BCUT2D eigenvalue weighted by Crippen LogP contribution is 2.20. The highest BCUT2D eigenvalue weighted by molar-refractivity contribution is 7.86. The molecule has 0 saturated heterocycles. The molecule has 0 aliphatic rings. The van der Waals surface area contributed by atoms with Crippen LogP contribution in [0.15, 0.2) is 60.7 Å². The van der Waals surface area contributed by atoms with Crippen molar-refractivity contribution in [1.82, 2.24) is 5.32 Å². The topological polar surface area (TPSA) is 83.5 Å². The molecule has 0 heterocycles. The summed E-state index contributed by atoms with van der Waals surface area (Å²) in [6.07, 6.45) is 0. The Morgan fingerprint density at radius 1 is 1.00 bits per heavy atom. The third-order valence-electron chi connectivity index (χ3n) is 3.20. The molecule has 2 atom stereocenters. The van der Waals surface area contributed by atoms with Crippen molar-refractivity contribution < 1.29 is 18.9 Å². The zero-order chi connectivity index (χ0) is 16.7. The third kappa shape index (κ3) is 5.03. The quantitative estimate of drug-likeness (QED) is 0.811. The summed E-state index contributed by atoms with van der Waals surface area (Å²) in [7, 11) is -1.84. The fourth-order valence-electron chi connectivity index (χ4n) is 2.09. The average Bonchev–Trinajstić information content (AvgIpc) is 2.54. The van der Waals surface area contributed by atoms with Crippen molar-refractivity contribution in [2.45, 2.75) is 11.8 Å². The Morgan fingerprint density at radius 3 is 2.13 bits per heavy atom. The Balaban J connectivity index is 1.96. The van der Waals surface area contributed by atoms with E-state index in [-0.39, 0.29) is 5.75 Å². The number of benzene rings is 2. The fourth-order valence-corrected chi connectivity index (χ4v) is 3.31. The summed E-state index contributed by atoms with van der Waals surface area (Å²) < 4.78 is 12.3. The van der Waals surface area contributed by atoms with Crippen molar-refractivity contribution in [3.05, 3.63) is 71.8 Å². The van der Waals surface area contributed by atoms with Gasteiger partial charge in [-0.3, -0.25) is 13.8 Å². The van der Waals surface area contributed by atoms with E-state index in [0.717, 1.165) is 5.56 Å². The molecule has 2 rings (SSSR count). The summed E-state index contributed by atoms with van der Waals surface area (Å²) in [4.78, 5) is 23.3. The van der Waals surface area contributed by atoms with E-state index in [9.17, 15) is 18.9 Å². The molecule has 0 aromatic heterocycles. The van der Waals surface area contributed by atoms with Crippen molar-refractivity contribution in [3.8, 4) is 0 Å². The molecule has 0 aliphatic heterocycles. The number of nitrogens with one attached hydrogen (secondary N) is 1. The second-order valence-corrected chi connectivity index (χ2v) is 6.44. The van der Waals surface area contributed by atoms with Gasteiger partial charge < -0.3 is 10.4 Å². The molecule has 2 aromatic rings. The smallest absolute Gasteiger partial charge is 0.323 e. The van der Waals surface area contributed by atoms with E-state index in [1.54, 1.807) is 30.3 Å². The molecule has 23 heavy (non-hydrogen) atoms. The SMILES string of the molecule is O=C(CS(=O)C(C(=O)O)c1ccccc1)NCc1ccccc1. The van der Waals surface area contributed by atoms with Gasteiger partial charge in [-0.2, -0.15) is 0 Å². The maximum atomic E-state index is 12.3. The van der Waals surface area contributed by atoms with Gasteiger partial charge in [-0.1, -0.05) is 60.7 Å². The highest BCUT2D eigenvalue weighted by atomic mass is 32.2. The molecule has 0 radical (unpaired) electrons. The van der Waals surface area contributed by atoms with Crippen molar-refractivity contribution in [2.75, 3.05) is 5.75 Å². The molecule has 0 aliphatic carbocycles. The summed E-state index contributed by atoms with van der Waals surface area (Å²) in [6.45, 7) is 0.319. The molecule has 120 valence electrons. The number of hydrogen-bond acceptors (Lipinski definition) is 3. The largest absolute Gasteiger partial charge is 0.480 e. The predicted molar refractivity (Wildman–Crippen MR) is 88.1 cm³/mol. The summed E-state index contributed by atoms with van der Waals surface area (Å²) in [5.74, 6) is -1.99. The molecule has 5 nitrogen and oxygen atoms in total.